The largest absolute Gasteiger partial charge is 0.461 e. The second-order valence-corrected chi connectivity index (χ2v) is 3.48. The molecule has 0 atom stereocenters. The topological polar surface area (TPSA) is 39.2 Å². The Kier molecular flexibility index (Phi) is 4.45. The van der Waals surface area contributed by atoms with Crippen molar-refractivity contribution >= 4 is 40.8 Å². The summed E-state index contributed by atoms with van der Waals surface area (Å²) < 4.78 is 4.77. The van der Waals surface area contributed by atoms with Crippen molar-refractivity contribution in [3.63, 3.8) is 0 Å². The first-order valence-electron chi connectivity index (χ1n) is 3.69. The average molecular weight is 255 g/mol. The maximum atomic E-state index is 11.3. The molecule has 76 valence electrons. The number of hydrogen-bond donors (Lipinski definition) is 0. The number of ether oxygens (including phenoxy) is 1. The minimum absolute atomic E-state index is 0.148. The minimum Gasteiger partial charge on any atom is -0.461 e. The van der Waals surface area contributed by atoms with Crippen molar-refractivity contribution in [2.24, 2.45) is 0 Å². The second kappa shape index (κ2) is 5.39. The molecule has 0 aromatic carbocycles. The summed E-state index contributed by atoms with van der Waals surface area (Å²) in [5.74, 6) is -0.269. The lowest BCUT2D eigenvalue weighted by atomic mass is 10.3. The molecule has 1 heterocycles. The first-order chi connectivity index (χ1) is 6.63. The Balaban J connectivity index is 2.79. The smallest absolute Gasteiger partial charge is 0.338 e. The molecule has 6 heteroatoms. The number of hydrogen-bond acceptors (Lipinski definition) is 3. The Hall–Kier alpha value is -0.510. The van der Waals surface area contributed by atoms with E-state index >= 15 is 0 Å². The van der Waals surface area contributed by atoms with E-state index in [2.05, 4.69) is 4.98 Å². The summed E-state index contributed by atoms with van der Waals surface area (Å²) in [5, 5.41) is 0.297. The number of pyridine rings is 1. The van der Waals surface area contributed by atoms with Crippen LogP contribution in [-0.4, -0.2) is 23.4 Å². The van der Waals surface area contributed by atoms with E-state index in [9.17, 15) is 4.79 Å². The number of carbonyl (C=O) groups excluding carboxylic acids is 1. The molecular weight excluding hydrogens is 248 g/mol. The van der Waals surface area contributed by atoms with Gasteiger partial charge in [0.05, 0.1) is 11.4 Å². The van der Waals surface area contributed by atoms with Crippen LogP contribution in [0.15, 0.2) is 12.1 Å². The summed E-state index contributed by atoms with van der Waals surface area (Å²) in [6, 6.07) is 2.76. The van der Waals surface area contributed by atoms with Crippen LogP contribution < -0.4 is 0 Å². The fraction of sp³-hybridized carbons (Fsp3) is 0.250. The van der Waals surface area contributed by atoms with Crippen LogP contribution in [0, 0.1) is 0 Å². The number of nitrogens with zero attached hydrogens (tertiary/aromatic N) is 1. The van der Waals surface area contributed by atoms with E-state index in [1.807, 2.05) is 0 Å². The number of halogens is 3. The lowest BCUT2D eigenvalue weighted by Gasteiger charge is -2.02. The molecule has 0 radical (unpaired) electrons. The monoisotopic (exact) mass is 253 g/mol. The van der Waals surface area contributed by atoms with E-state index < -0.39 is 5.97 Å². The van der Waals surface area contributed by atoms with Crippen LogP contribution in [0.25, 0.3) is 0 Å². The van der Waals surface area contributed by atoms with Gasteiger partial charge in [0, 0.05) is 0 Å². The molecule has 0 spiro atoms. The molecule has 1 rings (SSSR count). The Morgan fingerprint density at radius 3 is 2.43 bits per heavy atom. The number of alkyl halides is 1. The number of esters is 1. The highest BCUT2D eigenvalue weighted by atomic mass is 35.5. The lowest BCUT2D eigenvalue weighted by molar-refractivity contribution is 0.0529. The number of aromatic nitrogens is 1. The van der Waals surface area contributed by atoms with Crippen LogP contribution in [0.2, 0.25) is 10.3 Å². The highest BCUT2D eigenvalue weighted by Gasteiger charge is 2.09. The molecule has 0 aliphatic carbocycles. The molecule has 0 saturated carbocycles. The molecule has 0 aliphatic heterocycles. The van der Waals surface area contributed by atoms with Crippen molar-refractivity contribution in [1.82, 2.24) is 4.98 Å². The fourth-order valence-corrected chi connectivity index (χ4v) is 1.33. The average Bonchev–Trinajstić information content (AvgIpc) is 2.12. The molecule has 14 heavy (non-hydrogen) atoms. The van der Waals surface area contributed by atoms with Gasteiger partial charge in [0.2, 0.25) is 0 Å². The predicted octanol–water partition coefficient (Wildman–Crippen LogP) is 2.78. The van der Waals surface area contributed by atoms with Gasteiger partial charge in [-0.05, 0) is 12.1 Å². The van der Waals surface area contributed by atoms with E-state index in [1.165, 1.54) is 12.1 Å². The molecule has 0 N–H and O–H groups in total. The van der Waals surface area contributed by atoms with E-state index in [4.69, 9.17) is 39.5 Å². The fourth-order valence-electron chi connectivity index (χ4n) is 0.797. The number of rotatable bonds is 3. The number of carbonyl (C=O) groups is 1. The summed E-state index contributed by atoms with van der Waals surface area (Å²) >= 11 is 16.6. The van der Waals surface area contributed by atoms with Crippen LogP contribution in [0.5, 0.6) is 0 Å². The van der Waals surface area contributed by atoms with Crippen LogP contribution in [0.3, 0.4) is 0 Å². The third kappa shape index (κ3) is 3.33. The molecule has 0 aliphatic rings. The third-order valence-electron chi connectivity index (χ3n) is 1.31. The summed E-state index contributed by atoms with van der Waals surface area (Å²) in [6.45, 7) is 0.151. The van der Waals surface area contributed by atoms with E-state index in [0.717, 1.165) is 0 Å². The van der Waals surface area contributed by atoms with Crippen molar-refractivity contribution in [2.75, 3.05) is 12.5 Å². The summed E-state index contributed by atoms with van der Waals surface area (Å²) in [4.78, 5) is 15.0. The molecule has 0 saturated heterocycles. The Labute approximate surface area is 95.9 Å². The van der Waals surface area contributed by atoms with Gasteiger partial charge in [-0.15, -0.1) is 11.6 Å². The van der Waals surface area contributed by atoms with Gasteiger partial charge in [0.1, 0.15) is 16.9 Å². The van der Waals surface area contributed by atoms with Gasteiger partial charge in [-0.25, -0.2) is 9.78 Å². The second-order valence-electron chi connectivity index (χ2n) is 2.33. The van der Waals surface area contributed by atoms with Gasteiger partial charge in [0.15, 0.2) is 0 Å². The zero-order valence-electron chi connectivity index (χ0n) is 6.97. The van der Waals surface area contributed by atoms with Gasteiger partial charge in [-0.1, -0.05) is 23.2 Å². The van der Waals surface area contributed by atoms with Crippen LogP contribution in [0.1, 0.15) is 10.4 Å². The predicted molar refractivity (Wildman–Crippen MR) is 55.3 cm³/mol. The minimum atomic E-state index is -0.517. The lowest BCUT2D eigenvalue weighted by Crippen LogP contribution is -2.07. The summed E-state index contributed by atoms with van der Waals surface area (Å²) in [6.07, 6.45) is 0. The van der Waals surface area contributed by atoms with Crippen molar-refractivity contribution in [2.45, 2.75) is 0 Å². The van der Waals surface area contributed by atoms with Crippen molar-refractivity contribution < 1.29 is 9.53 Å². The van der Waals surface area contributed by atoms with Gasteiger partial charge in [0.25, 0.3) is 0 Å². The first kappa shape index (κ1) is 11.6. The van der Waals surface area contributed by atoms with Crippen LogP contribution in [0.4, 0.5) is 0 Å². The van der Waals surface area contributed by atoms with Gasteiger partial charge in [-0.2, -0.15) is 0 Å². The first-order valence-corrected chi connectivity index (χ1v) is 4.98. The van der Waals surface area contributed by atoms with Crippen molar-refractivity contribution in [1.29, 1.82) is 0 Å². The Bertz CT molecular complexity index is 323. The molecule has 0 unspecified atom stereocenters. The van der Waals surface area contributed by atoms with Crippen molar-refractivity contribution in [3.8, 4) is 0 Å². The quantitative estimate of drug-likeness (QED) is 0.473. The van der Waals surface area contributed by atoms with Gasteiger partial charge < -0.3 is 4.74 Å². The molecule has 1 aromatic heterocycles. The van der Waals surface area contributed by atoms with Crippen LogP contribution in [-0.2, 0) is 4.74 Å². The van der Waals surface area contributed by atoms with Crippen molar-refractivity contribution in [3.05, 3.63) is 28.0 Å². The van der Waals surface area contributed by atoms with Crippen LogP contribution >= 0.6 is 34.8 Å². The summed E-state index contributed by atoms with van der Waals surface area (Å²) in [5.41, 5.74) is 0.264. The zero-order valence-corrected chi connectivity index (χ0v) is 9.23. The molecule has 3 nitrogen and oxygen atoms in total. The van der Waals surface area contributed by atoms with Gasteiger partial charge >= 0.3 is 5.97 Å². The Morgan fingerprint density at radius 1 is 1.36 bits per heavy atom. The molecule has 0 fully saturated rings. The Morgan fingerprint density at radius 2 is 1.93 bits per heavy atom. The van der Waals surface area contributed by atoms with E-state index in [-0.39, 0.29) is 28.4 Å². The zero-order chi connectivity index (χ0) is 10.6. The highest BCUT2D eigenvalue weighted by Crippen LogP contribution is 2.15. The molecule has 1 aromatic rings. The standard InChI is InChI=1S/C8H6Cl3NO2/c9-1-2-14-8(13)5-3-6(10)12-7(11)4-5/h3-4H,1-2H2. The van der Waals surface area contributed by atoms with E-state index in [1.54, 1.807) is 0 Å². The SMILES string of the molecule is O=C(OCCCl)c1cc(Cl)nc(Cl)c1. The normalized spacial score (nSPS) is 9.93. The molecule has 0 bridgehead atoms. The molecular formula is C8H6Cl3NO2. The van der Waals surface area contributed by atoms with E-state index in [0.29, 0.717) is 0 Å². The van der Waals surface area contributed by atoms with Gasteiger partial charge in [-0.3, -0.25) is 0 Å². The molecule has 0 amide bonds. The summed E-state index contributed by atoms with van der Waals surface area (Å²) in [7, 11) is 0. The maximum absolute atomic E-state index is 11.3. The maximum Gasteiger partial charge on any atom is 0.338 e. The highest BCUT2D eigenvalue weighted by molar-refractivity contribution is 6.32. The third-order valence-corrected chi connectivity index (χ3v) is 1.85.